The van der Waals surface area contributed by atoms with Gasteiger partial charge in [-0.25, -0.2) is 0 Å². The number of rotatable bonds is 6. The van der Waals surface area contributed by atoms with Crippen LogP contribution in [-0.4, -0.2) is 18.5 Å². The van der Waals surface area contributed by atoms with Gasteiger partial charge in [-0.15, -0.1) is 12.4 Å². The Kier molecular flexibility index (Phi) is 7.10. The first-order chi connectivity index (χ1) is 9.10. The molecule has 1 aliphatic rings. The van der Waals surface area contributed by atoms with E-state index in [0.717, 1.165) is 5.56 Å². The van der Waals surface area contributed by atoms with Gasteiger partial charge in [0.2, 0.25) is 5.91 Å². The van der Waals surface area contributed by atoms with Gasteiger partial charge in [0.05, 0.1) is 0 Å². The van der Waals surface area contributed by atoms with Gasteiger partial charge < -0.3 is 11.1 Å². The predicted molar refractivity (Wildman–Crippen MR) is 85.7 cm³/mol. The van der Waals surface area contributed by atoms with Crippen LogP contribution in [-0.2, 0) is 11.2 Å². The van der Waals surface area contributed by atoms with Gasteiger partial charge >= 0.3 is 0 Å². The van der Waals surface area contributed by atoms with Gasteiger partial charge in [-0.2, -0.15) is 0 Å². The molecule has 2 rings (SSSR count). The molecule has 0 heterocycles. The number of benzene rings is 1. The van der Waals surface area contributed by atoms with Gasteiger partial charge in [0.25, 0.3) is 0 Å². The number of nitrogens with one attached hydrogen (secondary N) is 1. The van der Waals surface area contributed by atoms with Crippen LogP contribution < -0.4 is 11.1 Å². The van der Waals surface area contributed by atoms with Crippen molar-refractivity contribution in [3.63, 3.8) is 0 Å². The molecule has 0 aliphatic heterocycles. The van der Waals surface area contributed by atoms with Crippen LogP contribution in [0.4, 0.5) is 0 Å². The summed E-state index contributed by atoms with van der Waals surface area (Å²) in [5.74, 6) is 0.612. The third-order valence-corrected chi connectivity index (χ3v) is 4.01. The lowest BCUT2D eigenvalue weighted by Crippen LogP contribution is -2.41. The Morgan fingerprint density at radius 1 is 1.40 bits per heavy atom. The van der Waals surface area contributed by atoms with Gasteiger partial charge in [0.1, 0.15) is 0 Å². The van der Waals surface area contributed by atoms with E-state index < -0.39 is 0 Å². The predicted octanol–water partition coefficient (Wildman–Crippen LogP) is 3.20. The van der Waals surface area contributed by atoms with Crippen molar-refractivity contribution < 1.29 is 4.79 Å². The van der Waals surface area contributed by atoms with Crippen LogP contribution in [0.5, 0.6) is 0 Å². The normalized spacial score (nSPS) is 15.3. The first kappa shape index (κ1) is 17.6. The Morgan fingerprint density at radius 3 is 2.65 bits per heavy atom. The molecule has 0 radical (unpaired) electrons. The van der Waals surface area contributed by atoms with Gasteiger partial charge in [0.15, 0.2) is 0 Å². The summed E-state index contributed by atoms with van der Waals surface area (Å²) in [5.41, 5.74) is 6.60. The molecule has 20 heavy (non-hydrogen) atoms. The summed E-state index contributed by atoms with van der Waals surface area (Å²) >= 11 is 11.9. The maximum Gasteiger partial charge on any atom is 0.220 e. The number of carbonyl (C=O) groups is 1. The Bertz CT molecular complexity index is 464. The molecule has 0 bridgehead atoms. The number of halogens is 3. The molecule has 1 saturated carbocycles. The first-order valence-electron chi connectivity index (χ1n) is 6.53. The average molecular weight is 338 g/mol. The van der Waals surface area contributed by atoms with E-state index in [9.17, 15) is 4.79 Å². The second-order valence-corrected chi connectivity index (χ2v) is 5.83. The monoisotopic (exact) mass is 336 g/mol. The number of amides is 1. The zero-order valence-corrected chi connectivity index (χ0v) is 13.4. The molecule has 1 amide bonds. The van der Waals surface area contributed by atoms with E-state index in [1.54, 1.807) is 12.1 Å². The van der Waals surface area contributed by atoms with Gasteiger partial charge in [-0.3, -0.25) is 4.79 Å². The van der Waals surface area contributed by atoms with E-state index in [2.05, 4.69) is 5.32 Å². The Hall–Kier alpha value is -0.480. The molecular formula is C14H19Cl3N2O. The van der Waals surface area contributed by atoms with Crippen molar-refractivity contribution in [2.45, 2.75) is 31.7 Å². The standard InChI is InChI=1S/C14H18Cl2N2O.ClH/c15-11-5-3-9(12(16)7-11)4-6-14(19)18-13(8-17)10-1-2-10;/h3,5,7,10,13H,1-2,4,6,8,17H2,(H,18,19);1H. The summed E-state index contributed by atoms with van der Waals surface area (Å²) in [4.78, 5) is 11.9. The molecular weight excluding hydrogens is 319 g/mol. The SMILES string of the molecule is Cl.NCC(NC(=O)CCc1ccc(Cl)cc1Cl)C1CC1. The third-order valence-electron chi connectivity index (χ3n) is 3.43. The minimum absolute atomic E-state index is 0. The lowest BCUT2D eigenvalue weighted by molar-refractivity contribution is -0.121. The number of aryl methyl sites for hydroxylation is 1. The maximum atomic E-state index is 11.9. The van der Waals surface area contributed by atoms with E-state index in [-0.39, 0.29) is 24.4 Å². The van der Waals surface area contributed by atoms with Crippen molar-refractivity contribution in [2.24, 2.45) is 11.7 Å². The molecule has 3 N–H and O–H groups in total. The quantitative estimate of drug-likeness (QED) is 0.837. The minimum Gasteiger partial charge on any atom is -0.352 e. The highest BCUT2D eigenvalue weighted by molar-refractivity contribution is 6.35. The highest BCUT2D eigenvalue weighted by Gasteiger charge is 2.31. The third kappa shape index (κ3) is 5.13. The van der Waals surface area contributed by atoms with Crippen molar-refractivity contribution in [1.82, 2.24) is 5.32 Å². The van der Waals surface area contributed by atoms with E-state index in [4.69, 9.17) is 28.9 Å². The summed E-state index contributed by atoms with van der Waals surface area (Å²) in [6, 6.07) is 5.48. The summed E-state index contributed by atoms with van der Waals surface area (Å²) in [5, 5.41) is 4.21. The second-order valence-electron chi connectivity index (χ2n) is 4.98. The second kappa shape index (κ2) is 8.08. The van der Waals surface area contributed by atoms with Crippen molar-refractivity contribution in [1.29, 1.82) is 0 Å². The molecule has 1 unspecified atom stereocenters. The van der Waals surface area contributed by atoms with Crippen LogP contribution in [0.15, 0.2) is 18.2 Å². The highest BCUT2D eigenvalue weighted by atomic mass is 35.5. The van der Waals surface area contributed by atoms with Gasteiger partial charge in [0, 0.05) is 29.1 Å². The van der Waals surface area contributed by atoms with Crippen molar-refractivity contribution in [3.05, 3.63) is 33.8 Å². The maximum absolute atomic E-state index is 11.9. The number of hydrogen-bond acceptors (Lipinski definition) is 2. The van der Waals surface area contributed by atoms with Crippen LogP contribution in [0.25, 0.3) is 0 Å². The average Bonchev–Trinajstić information content (AvgIpc) is 3.19. The van der Waals surface area contributed by atoms with Crippen LogP contribution in [0, 0.1) is 5.92 Å². The molecule has 1 atom stereocenters. The zero-order valence-electron chi connectivity index (χ0n) is 11.1. The number of nitrogens with two attached hydrogens (primary N) is 1. The summed E-state index contributed by atoms with van der Waals surface area (Å²) < 4.78 is 0. The van der Waals surface area contributed by atoms with E-state index in [1.807, 2.05) is 6.07 Å². The minimum atomic E-state index is 0. The molecule has 6 heteroatoms. The van der Waals surface area contributed by atoms with Crippen molar-refractivity contribution in [2.75, 3.05) is 6.54 Å². The molecule has 112 valence electrons. The smallest absolute Gasteiger partial charge is 0.220 e. The lowest BCUT2D eigenvalue weighted by Gasteiger charge is -2.16. The van der Waals surface area contributed by atoms with E-state index in [1.165, 1.54) is 12.8 Å². The molecule has 1 aliphatic carbocycles. The Morgan fingerprint density at radius 2 is 2.10 bits per heavy atom. The van der Waals surface area contributed by atoms with Crippen molar-refractivity contribution in [3.8, 4) is 0 Å². The first-order valence-corrected chi connectivity index (χ1v) is 7.29. The van der Waals surface area contributed by atoms with E-state index >= 15 is 0 Å². The molecule has 1 aromatic rings. The molecule has 0 spiro atoms. The summed E-state index contributed by atoms with van der Waals surface area (Å²) in [7, 11) is 0. The summed E-state index contributed by atoms with van der Waals surface area (Å²) in [6.45, 7) is 0.512. The van der Waals surface area contributed by atoms with Gasteiger partial charge in [-0.05, 0) is 42.9 Å². The van der Waals surface area contributed by atoms with Gasteiger partial charge in [-0.1, -0.05) is 29.3 Å². The zero-order chi connectivity index (χ0) is 13.8. The van der Waals surface area contributed by atoms with Crippen LogP contribution in [0.1, 0.15) is 24.8 Å². The Labute approximate surface area is 135 Å². The molecule has 0 aromatic heterocycles. The summed E-state index contributed by atoms with van der Waals surface area (Å²) in [6.07, 6.45) is 3.38. The van der Waals surface area contributed by atoms with Crippen molar-refractivity contribution >= 4 is 41.5 Å². The molecule has 1 aromatic carbocycles. The van der Waals surface area contributed by atoms with Crippen LogP contribution in [0.2, 0.25) is 10.0 Å². The molecule has 1 fully saturated rings. The molecule has 3 nitrogen and oxygen atoms in total. The number of hydrogen-bond donors (Lipinski definition) is 2. The Balaban J connectivity index is 0.00000200. The topological polar surface area (TPSA) is 55.1 Å². The van der Waals surface area contributed by atoms with E-state index in [0.29, 0.717) is 35.3 Å². The van der Waals surface area contributed by atoms with Crippen LogP contribution in [0.3, 0.4) is 0 Å². The largest absolute Gasteiger partial charge is 0.352 e. The van der Waals surface area contributed by atoms with Crippen LogP contribution >= 0.6 is 35.6 Å². The highest BCUT2D eigenvalue weighted by Crippen LogP contribution is 2.32. The molecule has 0 saturated heterocycles. The fourth-order valence-electron chi connectivity index (χ4n) is 2.12. The fraction of sp³-hybridized carbons (Fsp3) is 0.500. The lowest BCUT2D eigenvalue weighted by atomic mass is 10.1. The number of carbonyl (C=O) groups excluding carboxylic acids is 1. The fourth-order valence-corrected chi connectivity index (χ4v) is 2.62.